The maximum atomic E-state index is 12.6. The molecule has 2 aromatic heterocycles. The minimum absolute atomic E-state index is 0.232. The van der Waals surface area contributed by atoms with Crippen LogP contribution in [0.4, 0.5) is 5.69 Å². The standard InChI is InChI=1S/C19H16N4O2S/c1-13-11-16(23-25-13)12-26-19-17(3-2-10-21-19)18(24)22-15-6-4-14(5-7-15)8-9-20/h2-7,10-11H,8,12H2,1H3,(H,22,24). The van der Waals surface area contributed by atoms with Gasteiger partial charge in [0.15, 0.2) is 0 Å². The van der Waals surface area contributed by atoms with Crippen molar-refractivity contribution < 1.29 is 9.32 Å². The molecule has 3 rings (SSSR count). The number of amides is 1. The quantitative estimate of drug-likeness (QED) is 0.665. The van der Waals surface area contributed by atoms with Crippen LogP contribution in [0.2, 0.25) is 0 Å². The predicted molar refractivity (Wildman–Crippen MR) is 98.8 cm³/mol. The molecule has 1 amide bonds. The molecule has 6 nitrogen and oxygen atoms in total. The fourth-order valence-corrected chi connectivity index (χ4v) is 3.17. The number of hydrogen-bond donors (Lipinski definition) is 1. The summed E-state index contributed by atoms with van der Waals surface area (Å²) in [5.74, 6) is 1.08. The molecular weight excluding hydrogens is 348 g/mol. The van der Waals surface area contributed by atoms with Crippen molar-refractivity contribution >= 4 is 23.4 Å². The van der Waals surface area contributed by atoms with Gasteiger partial charge in [-0.25, -0.2) is 4.98 Å². The molecule has 0 aliphatic rings. The largest absolute Gasteiger partial charge is 0.361 e. The lowest BCUT2D eigenvalue weighted by Crippen LogP contribution is -2.13. The molecule has 26 heavy (non-hydrogen) atoms. The molecule has 130 valence electrons. The van der Waals surface area contributed by atoms with Crippen LogP contribution < -0.4 is 5.32 Å². The van der Waals surface area contributed by atoms with E-state index in [4.69, 9.17) is 9.78 Å². The summed E-state index contributed by atoms with van der Waals surface area (Å²) in [6, 6.07) is 14.6. The molecule has 0 aliphatic heterocycles. The normalized spacial score (nSPS) is 10.3. The summed E-state index contributed by atoms with van der Waals surface area (Å²) in [6.07, 6.45) is 2.00. The molecule has 1 aromatic carbocycles. The van der Waals surface area contributed by atoms with E-state index in [2.05, 4.69) is 21.5 Å². The number of benzene rings is 1. The Kier molecular flexibility index (Phi) is 5.66. The summed E-state index contributed by atoms with van der Waals surface area (Å²) in [4.78, 5) is 16.9. The summed E-state index contributed by atoms with van der Waals surface area (Å²) in [5.41, 5.74) is 2.88. The van der Waals surface area contributed by atoms with Crippen molar-refractivity contribution in [2.75, 3.05) is 5.32 Å². The molecule has 1 N–H and O–H groups in total. The summed E-state index contributed by atoms with van der Waals surface area (Å²) < 4.78 is 5.05. The van der Waals surface area contributed by atoms with Gasteiger partial charge in [0.2, 0.25) is 0 Å². The minimum atomic E-state index is -0.232. The van der Waals surface area contributed by atoms with E-state index in [-0.39, 0.29) is 5.91 Å². The Balaban J connectivity index is 1.69. The van der Waals surface area contributed by atoms with Crippen molar-refractivity contribution in [3.05, 3.63) is 71.2 Å². The lowest BCUT2D eigenvalue weighted by atomic mass is 10.1. The number of nitrogens with one attached hydrogen (secondary N) is 1. The molecule has 3 aromatic rings. The molecule has 0 unspecified atom stereocenters. The van der Waals surface area contributed by atoms with Crippen LogP contribution in [0.25, 0.3) is 0 Å². The first-order valence-electron chi connectivity index (χ1n) is 7.93. The lowest BCUT2D eigenvalue weighted by molar-refractivity contribution is 0.102. The van der Waals surface area contributed by atoms with Gasteiger partial charge < -0.3 is 9.84 Å². The van der Waals surface area contributed by atoms with E-state index in [0.717, 1.165) is 17.0 Å². The molecule has 0 radical (unpaired) electrons. The first-order valence-corrected chi connectivity index (χ1v) is 8.91. The van der Waals surface area contributed by atoms with E-state index >= 15 is 0 Å². The van der Waals surface area contributed by atoms with Crippen molar-refractivity contribution in [3.8, 4) is 6.07 Å². The minimum Gasteiger partial charge on any atom is -0.361 e. The topological polar surface area (TPSA) is 91.8 Å². The number of aryl methyl sites for hydroxylation is 1. The molecule has 7 heteroatoms. The van der Waals surface area contributed by atoms with Crippen LogP contribution >= 0.6 is 11.8 Å². The fourth-order valence-electron chi connectivity index (χ4n) is 2.30. The first-order chi connectivity index (χ1) is 12.7. The Labute approximate surface area is 155 Å². The van der Waals surface area contributed by atoms with E-state index in [1.807, 2.05) is 25.1 Å². The smallest absolute Gasteiger partial charge is 0.258 e. The van der Waals surface area contributed by atoms with Crippen LogP contribution in [0.3, 0.4) is 0 Å². The lowest BCUT2D eigenvalue weighted by Gasteiger charge is -2.09. The second kappa shape index (κ2) is 8.32. The SMILES string of the molecule is Cc1cc(CSc2ncccc2C(=O)Nc2ccc(CC#N)cc2)no1. The maximum absolute atomic E-state index is 12.6. The van der Waals surface area contributed by atoms with Gasteiger partial charge in [-0.2, -0.15) is 5.26 Å². The van der Waals surface area contributed by atoms with Gasteiger partial charge in [-0.3, -0.25) is 4.79 Å². The summed E-state index contributed by atoms with van der Waals surface area (Å²) in [5, 5.41) is 16.1. The third-order valence-electron chi connectivity index (χ3n) is 3.54. The van der Waals surface area contributed by atoms with E-state index in [1.54, 1.807) is 30.5 Å². The highest BCUT2D eigenvalue weighted by molar-refractivity contribution is 7.98. The number of thioether (sulfide) groups is 1. The fraction of sp³-hybridized carbons (Fsp3) is 0.158. The Morgan fingerprint density at radius 3 is 2.81 bits per heavy atom. The summed E-state index contributed by atoms with van der Waals surface area (Å²) in [6.45, 7) is 1.84. The second-order valence-corrected chi connectivity index (χ2v) is 6.52. The number of anilines is 1. The average molecular weight is 364 g/mol. The first kappa shape index (κ1) is 17.7. The third kappa shape index (κ3) is 4.49. The van der Waals surface area contributed by atoms with Crippen molar-refractivity contribution in [1.82, 2.24) is 10.1 Å². The number of carbonyl (C=O) groups is 1. The number of pyridine rings is 1. The van der Waals surface area contributed by atoms with Gasteiger partial charge in [0.25, 0.3) is 5.91 Å². The molecule has 2 heterocycles. The molecule has 0 aliphatic carbocycles. The van der Waals surface area contributed by atoms with Gasteiger partial charge in [0, 0.05) is 23.7 Å². The number of nitriles is 1. The Hall–Kier alpha value is -3.11. The Morgan fingerprint density at radius 1 is 1.31 bits per heavy atom. The molecule has 0 bridgehead atoms. The van der Waals surface area contributed by atoms with E-state index < -0.39 is 0 Å². The van der Waals surface area contributed by atoms with Crippen molar-refractivity contribution in [2.24, 2.45) is 0 Å². The molecule has 0 saturated heterocycles. The van der Waals surface area contributed by atoms with Crippen LogP contribution in [0.15, 0.2) is 58.2 Å². The Morgan fingerprint density at radius 2 is 2.12 bits per heavy atom. The highest BCUT2D eigenvalue weighted by Crippen LogP contribution is 2.25. The molecule has 0 saturated carbocycles. The van der Waals surface area contributed by atoms with Crippen molar-refractivity contribution in [3.63, 3.8) is 0 Å². The van der Waals surface area contributed by atoms with E-state index in [0.29, 0.717) is 28.5 Å². The second-order valence-electron chi connectivity index (χ2n) is 5.56. The predicted octanol–water partition coefficient (Wildman–Crippen LogP) is 3.99. The van der Waals surface area contributed by atoms with Crippen LogP contribution in [-0.2, 0) is 12.2 Å². The number of rotatable bonds is 6. The summed E-state index contributed by atoms with van der Waals surface area (Å²) in [7, 11) is 0. The van der Waals surface area contributed by atoms with Crippen LogP contribution in [0.5, 0.6) is 0 Å². The highest BCUT2D eigenvalue weighted by Gasteiger charge is 2.14. The number of aromatic nitrogens is 2. The van der Waals surface area contributed by atoms with E-state index in [1.165, 1.54) is 11.8 Å². The van der Waals surface area contributed by atoms with Crippen LogP contribution in [-0.4, -0.2) is 16.0 Å². The van der Waals surface area contributed by atoms with Gasteiger partial charge in [0.05, 0.1) is 23.7 Å². The molecule has 0 spiro atoms. The van der Waals surface area contributed by atoms with Gasteiger partial charge in [-0.15, -0.1) is 0 Å². The molecule has 0 fully saturated rings. The highest BCUT2D eigenvalue weighted by atomic mass is 32.2. The average Bonchev–Trinajstić information content (AvgIpc) is 3.07. The van der Waals surface area contributed by atoms with Gasteiger partial charge in [-0.05, 0) is 36.8 Å². The van der Waals surface area contributed by atoms with Crippen LogP contribution in [0, 0.1) is 18.3 Å². The number of nitrogens with zero attached hydrogens (tertiary/aromatic N) is 3. The maximum Gasteiger partial charge on any atom is 0.258 e. The zero-order valence-electron chi connectivity index (χ0n) is 14.1. The number of carbonyl (C=O) groups excluding carboxylic acids is 1. The third-order valence-corrected chi connectivity index (χ3v) is 4.58. The van der Waals surface area contributed by atoms with Crippen molar-refractivity contribution in [2.45, 2.75) is 24.1 Å². The monoisotopic (exact) mass is 364 g/mol. The summed E-state index contributed by atoms with van der Waals surface area (Å²) >= 11 is 1.43. The Bertz CT molecular complexity index is 945. The van der Waals surface area contributed by atoms with E-state index in [9.17, 15) is 4.79 Å². The number of hydrogen-bond acceptors (Lipinski definition) is 6. The van der Waals surface area contributed by atoms with Crippen molar-refractivity contribution in [1.29, 1.82) is 5.26 Å². The molecular formula is C19H16N4O2S. The van der Waals surface area contributed by atoms with Gasteiger partial charge >= 0.3 is 0 Å². The van der Waals surface area contributed by atoms with Gasteiger partial charge in [0.1, 0.15) is 10.8 Å². The van der Waals surface area contributed by atoms with Crippen LogP contribution in [0.1, 0.15) is 27.4 Å². The zero-order chi connectivity index (χ0) is 18.4. The zero-order valence-corrected chi connectivity index (χ0v) is 14.9. The van der Waals surface area contributed by atoms with Gasteiger partial charge in [-0.1, -0.05) is 29.1 Å². The molecule has 0 atom stereocenters.